The van der Waals surface area contributed by atoms with E-state index >= 15 is 0 Å². The smallest absolute Gasteiger partial charge is 0.0241 e. The van der Waals surface area contributed by atoms with Crippen LogP contribution in [0.1, 0.15) is 58.3 Å². The van der Waals surface area contributed by atoms with Crippen molar-refractivity contribution in [3.8, 4) is 0 Å². The van der Waals surface area contributed by atoms with Gasteiger partial charge in [-0.15, -0.1) is 0 Å². The van der Waals surface area contributed by atoms with E-state index in [1.54, 1.807) is 0 Å². The first-order valence-corrected chi connectivity index (χ1v) is 4.77. The SMILES string of the molecule is CCCCC[C]1CCCC1. The minimum Gasteiger partial charge on any atom is -0.0654 e. The maximum Gasteiger partial charge on any atom is -0.0241 e. The zero-order chi connectivity index (χ0) is 7.23. The second-order valence-electron chi connectivity index (χ2n) is 3.41. The van der Waals surface area contributed by atoms with Crippen LogP contribution in [0.25, 0.3) is 0 Å². The highest BCUT2D eigenvalue weighted by atomic mass is 14.2. The fourth-order valence-electron chi connectivity index (χ4n) is 1.75. The fraction of sp³-hybridized carbons (Fsp3) is 0.900. The van der Waals surface area contributed by atoms with Gasteiger partial charge in [0.05, 0.1) is 0 Å². The Bertz CT molecular complexity index is 70.1. The third-order valence-electron chi connectivity index (χ3n) is 2.44. The molecule has 0 saturated heterocycles. The first-order chi connectivity index (χ1) is 4.93. The largest absolute Gasteiger partial charge is 0.0654 e. The molecule has 0 aromatic rings. The summed E-state index contributed by atoms with van der Waals surface area (Å²) < 4.78 is 0. The van der Waals surface area contributed by atoms with E-state index in [4.69, 9.17) is 0 Å². The van der Waals surface area contributed by atoms with Gasteiger partial charge in [0.25, 0.3) is 0 Å². The Balaban J connectivity index is 1.91. The number of hydrogen-bond acceptors (Lipinski definition) is 0. The average molecular weight is 139 g/mol. The molecule has 1 radical (unpaired) electrons. The summed E-state index contributed by atoms with van der Waals surface area (Å²) >= 11 is 0. The van der Waals surface area contributed by atoms with Crippen molar-refractivity contribution < 1.29 is 0 Å². The Morgan fingerprint density at radius 2 is 1.80 bits per heavy atom. The van der Waals surface area contributed by atoms with E-state index in [0.717, 1.165) is 0 Å². The van der Waals surface area contributed by atoms with Crippen LogP contribution < -0.4 is 0 Å². The second kappa shape index (κ2) is 4.76. The van der Waals surface area contributed by atoms with Crippen molar-refractivity contribution >= 4 is 0 Å². The van der Waals surface area contributed by atoms with Gasteiger partial charge in [-0.2, -0.15) is 0 Å². The minimum absolute atomic E-state index is 1.37. The van der Waals surface area contributed by atoms with Gasteiger partial charge in [0.15, 0.2) is 0 Å². The maximum absolute atomic E-state index is 2.28. The van der Waals surface area contributed by atoms with Crippen LogP contribution in [0.2, 0.25) is 0 Å². The van der Waals surface area contributed by atoms with Crippen molar-refractivity contribution in [1.29, 1.82) is 0 Å². The summed E-state index contributed by atoms with van der Waals surface area (Å²) in [6.45, 7) is 2.28. The lowest BCUT2D eigenvalue weighted by atomic mass is 10.0. The van der Waals surface area contributed by atoms with Gasteiger partial charge in [-0.05, 0) is 25.2 Å². The zero-order valence-electron chi connectivity index (χ0n) is 7.16. The third-order valence-corrected chi connectivity index (χ3v) is 2.44. The Kier molecular flexibility index (Phi) is 3.86. The molecule has 1 fully saturated rings. The van der Waals surface area contributed by atoms with Crippen molar-refractivity contribution in [3.05, 3.63) is 5.92 Å². The minimum atomic E-state index is 1.37. The topological polar surface area (TPSA) is 0 Å². The van der Waals surface area contributed by atoms with E-state index in [-0.39, 0.29) is 0 Å². The monoisotopic (exact) mass is 139 g/mol. The molecule has 1 aliphatic rings. The van der Waals surface area contributed by atoms with Gasteiger partial charge < -0.3 is 0 Å². The van der Waals surface area contributed by atoms with Gasteiger partial charge in [0, 0.05) is 0 Å². The molecule has 1 aliphatic carbocycles. The Hall–Kier alpha value is 0. The molecule has 0 nitrogen and oxygen atoms in total. The van der Waals surface area contributed by atoms with Crippen LogP contribution in [0, 0.1) is 5.92 Å². The molecule has 1 saturated carbocycles. The second-order valence-corrected chi connectivity index (χ2v) is 3.41. The molecule has 0 amide bonds. The molecule has 0 heteroatoms. The summed E-state index contributed by atoms with van der Waals surface area (Å²) in [4.78, 5) is 0. The van der Waals surface area contributed by atoms with Crippen LogP contribution in [-0.4, -0.2) is 0 Å². The number of unbranched alkanes of at least 4 members (excludes halogenated alkanes) is 2. The van der Waals surface area contributed by atoms with E-state index in [2.05, 4.69) is 6.92 Å². The summed E-state index contributed by atoms with van der Waals surface area (Å²) in [6, 6.07) is 0. The third kappa shape index (κ3) is 2.72. The van der Waals surface area contributed by atoms with Gasteiger partial charge in [0.2, 0.25) is 0 Å². The highest BCUT2D eigenvalue weighted by molar-refractivity contribution is 4.93. The van der Waals surface area contributed by atoms with Gasteiger partial charge in [-0.25, -0.2) is 0 Å². The number of hydrogen-bond donors (Lipinski definition) is 0. The summed E-state index contributed by atoms with van der Waals surface area (Å²) in [7, 11) is 0. The zero-order valence-corrected chi connectivity index (χ0v) is 7.16. The first-order valence-electron chi connectivity index (χ1n) is 4.77. The Labute approximate surface area is 65.0 Å². The molecule has 0 aromatic carbocycles. The molecule has 10 heavy (non-hydrogen) atoms. The van der Waals surface area contributed by atoms with Crippen LogP contribution >= 0.6 is 0 Å². The van der Waals surface area contributed by atoms with Gasteiger partial charge in [-0.1, -0.05) is 39.0 Å². The molecule has 0 heterocycles. The highest BCUT2D eigenvalue weighted by Crippen LogP contribution is 2.30. The normalized spacial score (nSPS) is 20.1. The summed E-state index contributed by atoms with van der Waals surface area (Å²) in [5.41, 5.74) is 0. The first kappa shape index (κ1) is 8.10. The van der Waals surface area contributed by atoms with Gasteiger partial charge in [0.1, 0.15) is 0 Å². The molecule has 1 rings (SSSR count). The highest BCUT2D eigenvalue weighted by Gasteiger charge is 2.13. The van der Waals surface area contributed by atoms with E-state index in [9.17, 15) is 0 Å². The van der Waals surface area contributed by atoms with E-state index in [0.29, 0.717) is 0 Å². The van der Waals surface area contributed by atoms with Crippen LogP contribution in [0.4, 0.5) is 0 Å². The van der Waals surface area contributed by atoms with Crippen LogP contribution in [0.5, 0.6) is 0 Å². The summed E-state index contributed by atoms with van der Waals surface area (Å²) in [5, 5.41) is 0. The van der Waals surface area contributed by atoms with Crippen molar-refractivity contribution in [1.82, 2.24) is 0 Å². The molecular weight excluding hydrogens is 120 g/mol. The standard InChI is InChI=1S/C10H19/c1-2-3-4-7-10-8-5-6-9-10/h2-9H2,1H3. The molecule has 0 N–H and O–H groups in total. The lowest BCUT2D eigenvalue weighted by Gasteiger charge is -2.05. The molecule has 0 bridgehead atoms. The summed E-state index contributed by atoms with van der Waals surface area (Å²) in [6.07, 6.45) is 11.5. The molecular formula is C10H19. The van der Waals surface area contributed by atoms with Crippen molar-refractivity contribution in [3.63, 3.8) is 0 Å². The number of rotatable bonds is 4. The Morgan fingerprint density at radius 3 is 2.40 bits per heavy atom. The molecule has 0 aromatic heterocycles. The average Bonchev–Trinajstić information content (AvgIpc) is 2.41. The van der Waals surface area contributed by atoms with Crippen molar-refractivity contribution in [2.45, 2.75) is 58.3 Å². The van der Waals surface area contributed by atoms with Crippen molar-refractivity contribution in [2.24, 2.45) is 0 Å². The van der Waals surface area contributed by atoms with Gasteiger partial charge >= 0.3 is 0 Å². The predicted molar refractivity (Wildman–Crippen MR) is 45.9 cm³/mol. The fourth-order valence-corrected chi connectivity index (χ4v) is 1.75. The quantitative estimate of drug-likeness (QED) is 0.521. The van der Waals surface area contributed by atoms with Crippen molar-refractivity contribution in [2.75, 3.05) is 0 Å². The predicted octanol–water partition coefficient (Wildman–Crippen LogP) is 3.72. The molecule has 0 unspecified atom stereocenters. The summed E-state index contributed by atoms with van der Waals surface area (Å²) in [5.74, 6) is 1.86. The van der Waals surface area contributed by atoms with Crippen LogP contribution in [-0.2, 0) is 0 Å². The Morgan fingerprint density at radius 1 is 1.10 bits per heavy atom. The van der Waals surface area contributed by atoms with Gasteiger partial charge in [-0.3, -0.25) is 0 Å². The molecule has 0 spiro atoms. The molecule has 0 aliphatic heterocycles. The van der Waals surface area contributed by atoms with E-state index < -0.39 is 0 Å². The van der Waals surface area contributed by atoms with E-state index in [1.807, 2.05) is 5.92 Å². The lowest BCUT2D eigenvalue weighted by molar-refractivity contribution is 0.650. The molecule has 59 valence electrons. The van der Waals surface area contributed by atoms with Crippen LogP contribution in [0.15, 0.2) is 0 Å². The van der Waals surface area contributed by atoms with Crippen LogP contribution in [0.3, 0.4) is 0 Å². The molecule has 0 atom stereocenters. The van der Waals surface area contributed by atoms with E-state index in [1.165, 1.54) is 51.4 Å². The maximum atomic E-state index is 2.28. The lowest BCUT2D eigenvalue weighted by Crippen LogP contribution is -1.89.